The zero-order valence-electron chi connectivity index (χ0n) is 10.7. The molecule has 94 valence electrons. The normalized spacial score (nSPS) is 17.5. The lowest BCUT2D eigenvalue weighted by molar-refractivity contribution is 0.831. The minimum Gasteiger partial charge on any atom is -0.0836 e. The Balaban J connectivity index is 2.00. The molecule has 0 saturated heterocycles. The average molecular weight is 358 g/mol. The van der Waals surface area contributed by atoms with Gasteiger partial charge in [0.25, 0.3) is 0 Å². The molecule has 0 N–H and O–H groups in total. The molecule has 0 fully saturated rings. The molecule has 0 heterocycles. The summed E-state index contributed by atoms with van der Waals surface area (Å²) in [4.78, 5) is 0. The van der Waals surface area contributed by atoms with Gasteiger partial charge in [-0.2, -0.15) is 0 Å². The van der Waals surface area contributed by atoms with Gasteiger partial charge in [-0.25, -0.2) is 0 Å². The molecule has 0 aromatic heterocycles. The van der Waals surface area contributed by atoms with Gasteiger partial charge in [-0.15, -0.1) is 0 Å². The van der Waals surface area contributed by atoms with E-state index in [-0.39, 0.29) is 0 Å². The highest BCUT2D eigenvalue weighted by molar-refractivity contribution is 14.1. The van der Waals surface area contributed by atoms with Crippen molar-refractivity contribution in [2.45, 2.75) is 25.7 Å². The first-order valence-corrected chi connectivity index (χ1v) is 8.01. The molecule has 0 radical (unpaired) electrons. The Hall–Kier alpha value is -1.09. The Labute approximate surface area is 127 Å². The van der Waals surface area contributed by atoms with Crippen molar-refractivity contribution in [2.75, 3.05) is 0 Å². The van der Waals surface area contributed by atoms with Gasteiger partial charge in [0.2, 0.25) is 0 Å². The summed E-state index contributed by atoms with van der Waals surface area (Å²) in [5, 5.41) is 2.83. The van der Waals surface area contributed by atoms with Gasteiger partial charge in [-0.3, -0.25) is 0 Å². The summed E-state index contributed by atoms with van der Waals surface area (Å²) in [6.07, 6.45) is 9.61. The maximum absolute atomic E-state index is 2.39. The van der Waals surface area contributed by atoms with Gasteiger partial charge in [0.05, 0.1) is 0 Å². The highest BCUT2D eigenvalue weighted by Gasteiger charge is 2.20. The first kappa shape index (κ1) is 11.7. The quantitative estimate of drug-likeness (QED) is 0.546. The Kier molecular flexibility index (Phi) is 2.76. The second kappa shape index (κ2) is 4.48. The Morgan fingerprint density at radius 3 is 2.84 bits per heavy atom. The van der Waals surface area contributed by atoms with Gasteiger partial charge in [0.1, 0.15) is 0 Å². The van der Waals surface area contributed by atoms with Crippen LogP contribution in [0.25, 0.3) is 16.3 Å². The third-order valence-corrected chi connectivity index (χ3v) is 5.01. The molecule has 0 saturated carbocycles. The van der Waals surface area contributed by atoms with E-state index in [9.17, 15) is 0 Å². The van der Waals surface area contributed by atoms with Gasteiger partial charge >= 0.3 is 0 Å². The van der Waals surface area contributed by atoms with Crippen LogP contribution in [0.5, 0.6) is 0 Å². The fourth-order valence-corrected chi connectivity index (χ4v) is 3.93. The molecule has 0 amide bonds. The van der Waals surface area contributed by atoms with Crippen molar-refractivity contribution < 1.29 is 0 Å². The lowest BCUT2D eigenvalue weighted by Crippen LogP contribution is -2.07. The zero-order chi connectivity index (χ0) is 12.8. The van der Waals surface area contributed by atoms with Crippen molar-refractivity contribution in [2.24, 2.45) is 0 Å². The third kappa shape index (κ3) is 1.86. The third-order valence-electron chi connectivity index (χ3n) is 4.34. The Bertz CT molecular complexity index is 735. The van der Waals surface area contributed by atoms with E-state index < -0.39 is 0 Å². The van der Waals surface area contributed by atoms with Crippen LogP contribution in [0.4, 0.5) is 0 Å². The van der Waals surface area contributed by atoms with Crippen LogP contribution in [0.15, 0.2) is 48.1 Å². The molecule has 1 heteroatoms. The molecular formula is C18H15I. The van der Waals surface area contributed by atoms with Crippen LogP contribution >= 0.6 is 22.6 Å². The molecule has 0 unspecified atom stereocenters. The fourth-order valence-electron chi connectivity index (χ4n) is 3.41. The van der Waals surface area contributed by atoms with E-state index in [4.69, 9.17) is 0 Å². The van der Waals surface area contributed by atoms with Crippen LogP contribution in [0.1, 0.15) is 30.4 Å². The number of rotatable bonds is 0. The Morgan fingerprint density at radius 1 is 0.947 bits per heavy atom. The van der Waals surface area contributed by atoms with Gasteiger partial charge in [-0.05, 0) is 87.9 Å². The Morgan fingerprint density at radius 2 is 1.89 bits per heavy atom. The standard InChI is InChI=1S/C18H15I/c19-14-7-10-16-13(11-14)6-9-17-15-4-2-1-3-12(15)5-8-18(16)17/h2,4,6-7,9-11H,1,3,5,8H2. The molecule has 0 nitrogen and oxygen atoms in total. The van der Waals surface area contributed by atoms with Crippen molar-refractivity contribution in [3.63, 3.8) is 0 Å². The molecule has 0 atom stereocenters. The van der Waals surface area contributed by atoms with Crippen LogP contribution in [-0.4, -0.2) is 0 Å². The van der Waals surface area contributed by atoms with E-state index in [1.165, 1.54) is 51.2 Å². The summed E-state index contributed by atoms with van der Waals surface area (Å²) >= 11 is 2.39. The summed E-state index contributed by atoms with van der Waals surface area (Å²) < 4.78 is 1.32. The second-order valence-electron chi connectivity index (χ2n) is 5.42. The highest BCUT2D eigenvalue weighted by atomic mass is 127. The van der Waals surface area contributed by atoms with Crippen LogP contribution in [0.3, 0.4) is 0 Å². The molecule has 0 aliphatic heterocycles. The molecular weight excluding hydrogens is 343 g/mol. The first-order chi connectivity index (χ1) is 9.33. The predicted molar refractivity (Wildman–Crippen MR) is 90.3 cm³/mol. The van der Waals surface area contributed by atoms with E-state index in [0.29, 0.717) is 0 Å². The van der Waals surface area contributed by atoms with Gasteiger partial charge < -0.3 is 0 Å². The topological polar surface area (TPSA) is 0 Å². The van der Waals surface area contributed by atoms with Gasteiger partial charge in [0.15, 0.2) is 0 Å². The zero-order valence-corrected chi connectivity index (χ0v) is 12.9. The van der Waals surface area contributed by atoms with E-state index in [2.05, 4.69) is 65.1 Å². The van der Waals surface area contributed by atoms with Gasteiger partial charge in [-0.1, -0.05) is 35.9 Å². The maximum atomic E-state index is 2.39. The SMILES string of the molecule is Ic1ccc2c3c(ccc2c1)C1=C(CCC=C1)CC3. The highest BCUT2D eigenvalue weighted by Crippen LogP contribution is 2.39. The number of allylic oxidation sites excluding steroid dienone is 4. The summed E-state index contributed by atoms with van der Waals surface area (Å²) in [5.74, 6) is 0. The van der Waals surface area contributed by atoms with E-state index in [1.807, 2.05) is 0 Å². The number of fused-ring (bicyclic) bond motifs is 4. The van der Waals surface area contributed by atoms with Crippen molar-refractivity contribution in [3.8, 4) is 0 Å². The minimum absolute atomic E-state index is 1.21. The lowest BCUT2D eigenvalue weighted by Gasteiger charge is -2.25. The average Bonchev–Trinajstić information content (AvgIpc) is 2.46. The summed E-state index contributed by atoms with van der Waals surface area (Å²) in [7, 11) is 0. The molecule has 2 aliphatic rings. The van der Waals surface area contributed by atoms with E-state index >= 15 is 0 Å². The molecule has 19 heavy (non-hydrogen) atoms. The number of benzene rings is 2. The van der Waals surface area contributed by atoms with Crippen molar-refractivity contribution in [1.29, 1.82) is 0 Å². The van der Waals surface area contributed by atoms with Crippen molar-refractivity contribution in [1.82, 2.24) is 0 Å². The van der Waals surface area contributed by atoms with Crippen LogP contribution in [0.2, 0.25) is 0 Å². The number of aryl methyl sites for hydroxylation is 1. The molecule has 2 aromatic carbocycles. The smallest absolute Gasteiger partial charge is 0.0136 e. The fraction of sp³-hybridized carbons (Fsp3) is 0.222. The van der Waals surface area contributed by atoms with Crippen LogP contribution < -0.4 is 0 Å². The van der Waals surface area contributed by atoms with E-state index in [1.54, 1.807) is 11.1 Å². The van der Waals surface area contributed by atoms with Gasteiger partial charge in [0, 0.05) is 3.57 Å². The molecule has 2 aromatic rings. The maximum Gasteiger partial charge on any atom is 0.0136 e. The van der Waals surface area contributed by atoms with E-state index in [0.717, 1.165) is 0 Å². The molecule has 0 spiro atoms. The molecule has 2 aliphatic carbocycles. The van der Waals surface area contributed by atoms with Crippen molar-refractivity contribution >= 4 is 38.9 Å². The number of hydrogen-bond acceptors (Lipinski definition) is 0. The predicted octanol–water partition coefficient (Wildman–Crippen LogP) is 5.49. The second-order valence-corrected chi connectivity index (χ2v) is 6.66. The van der Waals surface area contributed by atoms with Crippen LogP contribution in [0, 0.1) is 3.57 Å². The monoisotopic (exact) mass is 358 g/mol. The summed E-state index contributed by atoms with van der Waals surface area (Å²) in [6, 6.07) is 11.4. The summed E-state index contributed by atoms with van der Waals surface area (Å²) in [5.41, 5.74) is 6.21. The number of halogens is 1. The minimum atomic E-state index is 1.21. The first-order valence-electron chi connectivity index (χ1n) is 6.93. The summed E-state index contributed by atoms with van der Waals surface area (Å²) in [6.45, 7) is 0. The lowest BCUT2D eigenvalue weighted by atomic mass is 9.80. The molecule has 4 rings (SSSR count). The molecule has 0 bridgehead atoms. The number of hydrogen-bond donors (Lipinski definition) is 0. The largest absolute Gasteiger partial charge is 0.0836 e. The van der Waals surface area contributed by atoms with Crippen molar-refractivity contribution in [3.05, 3.63) is 62.8 Å². The van der Waals surface area contributed by atoms with Crippen LogP contribution in [-0.2, 0) is 6.42 Å².